The Labute approximate surface area is 158 Å². The van der Waals surface area contributed by atoms with E-state index in [0.717, 1.165) is 51.5 Å². The molecular formula is C21H27F3N2O. The average Bonchev–Trinajstić information content (AvgIpc) is 2.60. The van der Waals surface area contributed by atoms with E-state index in [2.05, 4.69) is 9.80 Å². The Balaban J connectivity index is 1.26. The first-order chi connectivity index (χ1) is 12.8. The minimum Gasteiger partial charge on any atom is -0.390 e. The third-order valence-electron chi connectivity index (χ3n) is 7.47. The van der Waals surface area contributed by atoms with Gasteiger partial charge in [-0.25, -0.2) is 0 Å². The van der Waals surface area contributed by atoms with E-state index in [0.29, 0.717) is 29.5 Å². The highest BCUT2D eigenvalue weighted by Gasteiger charge is 2.56. The van der Waals surface area contributed by atoms with Crippen molar-refractivity contribution in [1.29, 1.82) is 0 Å². The normalized spacial score (nSPS) is 39.2. The Morgan fingerprint density at radius 1 is 0.963 bits per heavy atom. The SMILES string of the molecule is OC12CC3CC(C1)C(N1CCN(c4cccc(C(F)(F)F)c4)CC1)C(C3)C2. The molecule has 1 aliphatic heterocycles. The van der Waals surface area contributed by atoms with Gasteiger partial charge in [0.1, 0.15) is 0 Å². The molecule has 4 bridgehead atoms. The van der Waals surface area contributed by atoms with Crippen LogP contribution in [0.5, 0.6) is 0 Å². The van der Waals surface area contributed by atoms with Crippen molar-refractivity contribution in [2.45, 2.75) is 49.9 Å². The van der Waals surface area contributed by atoms with Crippen LogP contribution < -0.4 is 4.90 Å². The largest absolute Gasteiger partial charge is 0.416 e. The first kappa shape index (κ1) is 17.8. The highest BCUT2D eigenvalue weighted by atomic mass is 19.4. The topological polar surface area (TPSA) is 26.7 Å². The standard InChI is InChI=1S/C21H27F3N2O/c22-21(23,24)17-2-1-3-18(10-17)25-4-6-26(7-5-25)19-15-8-14-9-16(19)13-20(27,11-14)12-15/h1-3,10,14-16,19,27H,4-9,11-13H2. The van der Waals surface area contributed by atoms with Gasteiger partial charge < -0.3 is 10.0 Å². The molecule has 1 heterocycles. The van der Waals surface area contributed by atoms with Crippen LogP contribution in [0.25, 0.3) is 0 Å². The van der Waals surface area contributed by atoms with E-state index in [1.165, 1.54) is 25.0 Å². The molecule has 1 N–H and O–H groups in total. The van der Waals surface area contributed by atoms with E-state index in [1.54, 1.807) is 6.07 Å². The van der Waals surface area contributed by atoms with Crippen LogP contribution in [0.4, 0.5) is 18.9 Å². The van der Waals surface area contributed by atoms with Crippen LogP contribution in [0.3, 0.4) is 0 Å². The molecule has 2 unspecified atom stereocenters. The molecule has 5 fully saturated rings. The van der Waals surface area contributed by atoms with Crippen molar-refractivity contribution in [2.75, 3.05) is 31.1 Å². The van der Waals surface area contributed by atoms with Crippen LogP contribution in [0.2, 0.25) is 0 Å². The minimum absolute atomic E-state index is 0.410. The lowest BCUT2D eigenvalue weighted by Crippen LogP contribution is -2.64. The Hall–Kier alpha value is -1.27. The summed E-state index contributed by atoms with van der Waals surface area (Å²) in [7, 11) is 0. The summed E-state index contributed by atoms with van der Waals surface area (Å²) < 4.78 is 39.0. The maximum absolute atomic E-state index is 13.0. The monoisotopic (exact) mass is 380 g/mol. The molecule has 1 saturated heterocycles. The summed E-state index contributed by atoms with van der Waals surface area (Å²) in [4.78, 5) is 4.65. The van der Waals surface area contributed by atoms with Gasteiger partial charge in [-0.05, 0) is 68.1 Å². The molecule has 27 heavy (non-hydrogen) atoms. The van der Waals surface area contributed by atoms with Gasteiger partial charge in [0, 0.05) is 37.9 Å². The molecule has 0 radical (unpaired) electrons. The van der Waals surface area contributed by atoms with Crippen molar-refractivity contribution in [3.8, 4) is 0 Å². The summed E-state index contributed by atoms with van der Waals surface area (Å²) in [6.07, 6.45) is 1.08. The summed E-state index contributed by atoms with van der Waals surface area (Å²) in [6.45, 7) is 3.34. The first-order valence-electron chi connectivity index (χ1n) is 10.2. The van der Waals surface area contributed by atoms with E-state index in [9.17, 15) is 18.3 Å². The van der Waals surface area contributed by atoms with Crippen molar-refractivity contribution < 1.29 is 18.3 Å². The molecule has 0 spiro atoms. The van der Waals surface area contributed by atoms with Gasteiger partial charge >= 0.3 is 6.18 Å². The second-order valence-corrected chi connectivity index (χ2v) is 9.26. The lowest BCUT2D eigenvalue weighted by molar-refractivity contribution is -0.160. The number of aliphatic hydroxyl groups is 1. The fourth-order valence-corrected chi connectivity index (χ4v) is 6.71. The smallest absolute Gasteiger partial charge is 0.390 e. The summed E-state index contributed by atoms with van der Waals surface area (Å²) in [5, 5.41) is 10.8. The lowest BCUT2D eigenvalue weighted by Gasteiger charge is -2.61. The lowest BCUT2D eigenvalue weighted by atomic mass is 9.52. The summed E-state index contributed by atoms with van der Waals surface area (Å²) >= 11 is 0. The molecule has 2 atom stereocenters. The second kappa shape index (κ2) is 6.11. The minimum atomic E-state index is -4.29. The Morgan fingerprint density at radius 3 is 2.22 bits per heavy atom. The van der Waals surface area contributed by atoms with Crippen molar-refractivity contribution >= 4 is 5.69 Å². The van der Waals surface area contributed by atoms with Gasteiger partial charge in [0.05, 0.1) is 11.2 Å². The number of benzene rings is 1. The van der Waals surface area contributed by atoms with Gasteiger partial charge in [-0.3, -0.25) is 4.90 Å². The Kier molecular flexibility index (Phi) is 4.03. The van der Waals surface area contributed by atoms with E-state index in [1.807, 2.05) is 0 Å². The maximum Gasteiger partial charge on any atom is 0.416 e. The zero-order valence-corrected chi connectivity index (χ0v) is 15.5. The molecule has 3 nitrogen and oxygen atoms in total. The molecule has 4 aliphatic carbocycles. The highest BCUT2D eigenvalue weighted by molar-refractivity contribution is 5.49. The molecule has 148 valence electrons. The summed E-state index contributed by atoms with van der Waals surface area (Å²) in [5.74, 6) is 1.90. The van der Waals surface area contributed by atoms with Crippen LogP contribution in [0, 0.1) is 17.8 Å². The number of halogens is 3. The van der Waals surface area contributed by atoms with Crippen molar-refractivity contribution in [3.63, 3.8) is 0 Å². The molecular weight excluding hydrogens is 353 g/mol. The number of rotatable bonds is 2. The number of nitrogens with zero attached hydrogens (tertiary/aromatic N) is 2. The molecule has 1 aromatic carbocycles. The third-order valence-corrected chi connectivity index (χ3v) is 7.47. The molecule has 0 aromatic heterocycles. The first-order valence-corrected chi connectivity index (χ1v) is 10.2. The average molecular weight is 380 g/mol. The predicted molar refractivity (Wildman–Crippen MR) is 97.5 cm³/mol. The van der Waals surface area contributed by atoms with Crippen LogP contribution in [-0.2, 0) is 6.18 Å². The molecule has 4 saturated carbocycles. The van der Waals surface area contributed by atoms with Crippen LogP contribution in [0.15, 0.2) is 24.3 Å². The maximum atomic E-state index is 13.0. The number of piperazine rings is 1. The van der Waals surface area contributed by atoms with Gasteiger partial charge in [-0.2, -0.15) is 13.2 Å². The van der Waals surface area contributed by atoms with E-state index < -0.39 is 17.3 Å². The van der Waals surface area contributed by atoms with E-state index in [4.69, 9.17) is 0 Å². The molecule has 1 aromatic rings. The highest BCUT2D eigenvalue weighted by Crippen LogP contribution is 2.57. The summed E-state index contributed by atoms with van der Waals surface area (Å²) in [5.41, 5.74) is -0.312. The number of hydrogen-bond donors (Lipinski definition) is 1. The van der Waals surface area contributed by atoms with Gasteiger partial charge in [-0.1, -0.05) is 6.07 Å². The number of anilines is 1. The third kappa shape index (κ3) is 3.15. The fraction of sp³-hybridized carbons (Fsp3) is 0.714. The summed E-state index contributed by atoms with van der Waals surface area (Å²) in [6, 6.07) is 6.25. The van der Waals surface area contributed by atoms with Crippen molar-refractivity contribution in [1.82, 2.24) is 4.90 Å². The Morgan fingerprint density at radius 2 is 1.63 bits per heavy atom. The van der Waals surface area contributed by atoms with Gasteiger partial charge in [0.15, 0.2) is 0 Å². The number of alkyl halides is 3. The van der Waals surface area contributed by atoms with Gasteiger partial charge in [0.2, 0.25) is 0 Å². The zero-order chi connectivity index (χ0) is 18.8. The van der Waals surface area contributed by atoms with E-state index in [-0.39, 0.29) is 0 Å². The van der Waals surface area contributed by atoms with Gasteiger partial charge in [0.25, 0.3) is 0 Å². The zero-order valence-electron chi connectivity index (χ0n) is 15.5. The van der Waals surface area contributed by atoms with Crippen LogP contribution in [0.1, 0.15) is 37.7 Å². The molecule has 5 aliphatic rings. The fourth-order valence-electron chi connectivity index (χ4n) is 6.71. The van der Waals surface area contributed by atoms with Crippen molar-refractivity contribution in [3.05, 3.63) is 29.8 Å². The van der Waals surface area contributed by atoms with Gasteiger partial charge in [-0.15, -0.1) is 0 Å². The molecule has 6 rings (SSSR count). The van der Waals surface area contributed by atoms with Crippen molar-refractivity contribution in [2.24, 2.45) is 17.8 Å². The van der Waals surface area contributed by atoms with Crippen LogP contribution in [-0.4, -0.2) is 47.8 Å². The second-order valence-electron chi connectivity index (χ2n) is 9.26. The molecule has 0 amide bonds. The number of hydrogen-bond acceptors (Lipinski definition) is 3. The van der Waals surface area contributed by atoms with Crippen LogP contribution >= 0.6 is 0 Å². The Bertz CT molecular complexity index is 698. The predicted octanol–water partition coefficient (Wildman–Crippen LogP) is 3.77. The molecule has 6 heteroatoms. The van der Waals surface area contributed by atoms with E-state index >= 15 is 0 Å². The quantitative estimate of drug-likeness (QED) is 0.846.